The largest absolute Gasteiger partial charge is 0.481 e. The second-order valence-corrected chi connectivity index (χ2v) is 6.91. The molecule has 0 saturated carbocycles. The van der Waals surface area contributed by atoms with Crippen molar-refractivity contribution in [2.24, 2.45) is 11.5 Å². The van der Waals surface area contributed by atoms with Gasteiger partial charge in [0.15, 0.2) is 6.04 Å². The van der Waals surface area contributed by atoms with E-state index in [0.717, 1.165) is 6.92 Å². The Morgan fingerprint density at radius 1 is 0.806 bits per heavy atom. The lowest BCUT2D eigenvalue weighted by Crippen LogP contribution is -2.58. The fraction of sp³-hybridized carbons (Fsp3) is 0.647. The first-order chi connectivity index (χ1) is 14.3. The Balaban J connectivity index is 5.53. The summed E-state index contributed by atoms with van der Waals surface area (Å²) < 4.78 is 0. The van der Waals surface area contributed by atoms with Gasteiger partial charge in [-0.05, 0) is 26.7 Å². The number of aliphatic carboxylic acids is 2. The van der Waals surface area contributed by atoms with Gasteiger partial charge in [-0.1, -0.05) is 0 Å². The van der Waals surface area contributed by atoms with Gasteiger partial charge in [-0.3, -0.25) is 24.0 Å². The minimum absolute atomic E-state index is 0.224. The van der Waals surface area contributed by atoms with Gasteiger partial charge in [0.25, 0.3) is 0 Å². The number of carboxylic acid groups (broad SMARTS) is 2. The first-order valence-corrected chi connectivity index (χ1v) is 9.33. The first kappa shape index (κ1) is 27.7. The summed E-state index contributed by atoms with van der Waals surface area (Å²) in [6.07, 6.45) is -2.96. The Labute approximate surface area is 177 Å². The van der Waals surface area contributed by atoms with E-state index in [1.807, 2.05) is 5.32 Å². The maximum absolute atomic E-state index is 12.6. The van der Waals surface area contributed by atoms with Gasteiger partial charge in [0.1, 0.15) is 12.1 Å². The molecule has 0 heterocycles. The minimum atomic E-state index is -1.71. The summed E-state index contributed by atoms with van der Waals surface area (Å²) in [6.45, 7) is 2.47. The highest BCUT2D eigenvalue weighted by Crippen LogP contribution is 2.05. The number of carbonyl (C=O) groups excluding carboxylic acids is 4. The molecule has 31 heavy (non-hydrogen) atoms. The maximum Gasteiger partial charge on any atom is 0.328 e. The summed E-state index contributed by atoms with van der Waals surface area (Å²) in [6, 6.07) is -5.52. The molecule has 14 nitrogen and oxygen atoms in total. The summed E-state index contributed by atoms with van der Waals surface area (Å²) in [5, 5.41) is 34.0. The van der Waals surface area contributed by atoms with Crippen LogP contribution in [-0.4, -0.2) is 81.2 Å². The molecule has 0 rings (SSSR count). The quantitative estimate of drug-likeness (QED) is 0.130. The molecule has 0 saturated heterocycles. The standard InChI is InChI=1S/C17H29N5O9/c1-7(18)14(27)20-9(3-5-11(19)24)15(28)21-10(4-6-12(25)26)16(29)22-13(8(2)23)17(30)31/h7-10,13,23H,3-6,18H2,1-2H3,(H2,19,24)(H,20,27)(H,21,28)(H,22,29)(H,25,26)(H,30,31). The van der Waals surface area contributed by atoms with Crippen molar-refractivity contribution in [1.82, 2.24) is 16.0 Å². The maximum atomic E-state index is 12.6. The number of carboxylic acids is 2. The number of nitrogens with two attached hydrogens (primary N) is 2. The summed E-state index contributed by atoms with van der Waals surface area (Å²) in [4.78, 5) is 70.0. The summed E-state index contributed by atoms with van der Waals surface area (Å²) >= 11 is 0. The molecule has 5 unspecified atom stereocenters. The number of nitrogens with one attached hydrogen (secondary N) is 3. The monoisotopic (exact) mass is 447 g/mol. The Morgan fingerprint density at radius 2 is 1.26 bits per heavy atom. The summed E-state index contributed by atoms with van der Waals surface area (Å²) in [7, 11) is 0. The number of hydrogen-bond acceptors (Lipinski definition) is 8. The molecule has 0 spiro atoms. The van der Waals surface area contributed by atoms with E-state index in [4.69, 9.17) is 21.7 Å². The molecular weight excluding hydrogens is 418 g/mol. The normalized spacial score (nSPS) is 15.5. The molecule has 176 valence electrons. The van der Waals surface area contributed by atoms with Crippen LogP contribution in [0.15, 0.2) is 0 Å². The zero-order valence-corrected chi connectivity index (χ0v) is 17.2. The van der Waals surface area contributed by atoms with Gasteiger partial charge in [0.2, 0.25) is 23.6 Å². The van der Waals surface area contributed by atoms with Crippen LogP contribution in [0.5, 0.6) is 0 Å². The summed E-state index contributed by atoms with van der Waals surface area (Å²) in [5.41, 5.74) is 10.5. The third-order valence-corrected chi connectivity index (χ3v) is 4.05. The van der Waals surface area contributed by atoms with Crippen LogP contribution in [0.25, 0.3) is 0 Å². The van der Waals surface area contributed by atoms with Crippen molar-refractivity contribution in [3.05, 3.63) is 0 Å². The highest BCUT2D eigenvalue weighted by molar-refractivity contribution is 5.94. The number of carbonyl (C=O) groups is 6. The van der Waals surface area contributed by atoms with Crippen LogP contribution in [0.2, 0.25) is 0 Å². The number of rotatable bonds is 14. The van der Waals surface area contributed by atoms with Crippen molar-refractivity contribution in [3.63, 3.8) is 0 Å². The molecule has 0 bridgehead atoms. The van der Waals surface area contributed by atoms with Gasteiger partial charge in [0, 0.05) is 12.8 Å². The zero-order valence-electron chi connectivity index (χ0n) is 17.2. The van der Waals surface area contributed by atoms with Crippen molar-refractivity contribution >= 4 is 35.6 Å². The van der Waals surface area contributed by atoms with Gasteiger partial charge in [-0.2, -0.15) is 0 Å². The van der Waals surface area contributed by atoms with E-state index in [0.29, 0.717) is 0 Å². The second kappa shape index (κ2) is 13.1. The fourth-order valence-electron chi connectivity index (χ4n) is 2.31. The fourth-order valence-corrected chi connectivity index (χ4v) is 2.31. The number of amides is 4. The van der Waals surface area contributed by atoms with Crippen LogP contribution in [0, 0.1) is 0 Å². The van der Waals surface area contributed by atoms with E-state index in [2.05, 4.69) is 10.6 Å². The number of primary amides is 1. The van der Waals surface area contributed by atoms with Crippen LogP contribution in [0.1, 0.15) is 39.5 Å². The smallest absolute Gasteiger partial charge is 0.328 e. The third-order valence-electron chi connectivity index (χ3n) is 4.05. The van der Waals surface area contributed by atoms with Crippen molar-refractivity contribution in [2.75, 3.05) is 0 Å². The van der Waals surface area contributed by atoms with Crippen LogP contribution >= 0.6 is 0 Å². The molecule has 0 aromatic carbocycles. The highest BCUT2D eigenvalue weighted by Gasteiger charge is 2.32. The van der Waals surface area contributed by atoms with E-state index < -0.39 is 78.7 Å². The Kier molecular flexibility index (Phi) is 11.7. The molecule has 0 aromatic heterocycles. The first-order valence-electron chi connectivity index (χ1n) is 9.33. The molecule has 0 aliphatic heterocycles. The van der Waals surface area contributed by atoms with Gasteiger partial charge < -0.3 is 42.7 Å². The molecule has 0 aliphatic rings. The predicted molar refractivity (Wildman–Crippen MR) is 104 cm³/mol. The molecule has 0 aromatic rings. The molecule has 0 fully saturated rings. The Hall–Kier alpha value is -3.26. The second-order valence-electron chi connectivity index (χ2n) is 6.91. The molecule has 0 aliphatic carbocycles. The SMILES string of the molecule is CC(N)C(=O)NC(CCC(N)=O)C(=O)NC(CCC(=O)O)C(=O)NC(C(=O)O)C(C)O. The zero-order chi connectivity index (χ0) is 24.3. The number of aliphatic hydroxyl groups excluding tert-OH is 1. The Morgan fingerprint density at radius 3 is 1.65 bits per heavy atom. The van der Waals surface area contributed by atoms with Crippen molar-refractivity contribution in [3.8, 4) is 0 Å². The van der Waals surface area contributed by atoms with Crippen LogP contribution < -0.4 is 27.4 Å². The van der Waals surface area contributed by atoms with Crippen LogP contribution in [0.3, 0.4) is 0 Å². The lowest BCUT2D eigenvalue weighted by atomic mass is 10.1. The molecule has 4 amide bonds. The van der Waals surface area contributed by atoms with E-state index in [-0.39, 0.29) is 12.8 Å². The number of aliphatic hydroxyl groups is 1. The Bertz CT molecular complexity index is 695. The van der Waals surface area contributed by atoms with Gasteiger partial charge in [-0.15, -0.1) is 0 Å². The van der Waals surface area contributed by atoms with Gasteiger partial charge in [0.05, 0.1) is 12.1 Å². The summed E-state index contributed by atoms with van der Waals surface area (Å²) in [5.74, 6) is -6.31. The van der Waals surface area contributed by atoms with Gasteiger partial charge in [-0.25, -0.2) is 4.79 Å². The van der Waals surface area contributed by atoms with Crippen molar-refractivity contribution < 1.29 is 44.1 Å². The van der Waals surface area contributed by atoms with E-state index >= 15 is 0 Å². The van der Waals surface area contributed by atoms with Gasteiger partial charge >= 0.3 is 11.9 Å². The van der Waals surface area contributed by atoms with E-state index in [1.54, 1.807) is 0 Å². The molecular formula is C17H29N5O9. The van der Waals surface area contributed by atoms with Crippen LogP contribution in [0.4, 0.5) is 0 Å². The van der Waals surface area contributed by atoms with Crippen molar-refractivity contribution in [2.45, 2.75) is 69.8 Å². The number of hydrogen-bond donors (Lipinski definition) is 8. The molecule has 0 radical (unpaired) electrons. The molecule has 5 atom stereocenters. The van der Waals surface area contributed by atoms with E-state index in [9.17, 15) is 33.9 Å². The topological polar surface area (TPSA) is 251 Å². The predicted octanol–water partition coefficient (Wildman–Crippen LogP) is -3.62. The highest BCUT2D eigenvalue weighted by atomic mass is 16.4. The molecule has 10 N–H and O–H groups in total. The van der Waals surface area contributed by atoms with E-state index in [1.165, 1.54) is 6.92 Å². The lowest BCUT2D eigenvalue weighted by molar-refractivity contribution is -0.145. The van der Waals surface area contributed by atoms with Crippen molar-refractivity contribution in [1.29, 1.82) is 0 Å². The van der Waals surface area contributed by atoms with Crippen LogP contribution in [-0.2, 0) is 28.8 Å². The average molecular weight is 447 g/mol. The third kappa shape index (κ3) is 10.9. The average Bonchev–Trinajstić information content (AvgIpc) is 2.64. The lowest BCUT2D eigenvalue weighted by Gasteiger charge is -2.25. The molecule has 14 heteroatoms. The minimum Gasteiger partial charge on any atom is -0.481 e.